The van der Waals surface area contributed by atoms with Crippen LogP contribution in [0.25, 0.3) is 0 Å². The van der Waals surface area contributed by atoms with Crippen molar-refractivity contribution in [2.24, 2.45) is 0 Å². The van der Waals surface area contributed by atoms with Crippen molar-refractivity contribution in [3.05, 3.63) is 50.8 Å². The molecule has 1 aromatic rings. The molecule has 0 N–H and O–H groups in total. The summed E-state index contributed by atoms with van der Waals surface area (Å²) in [4.78, 5) is 0.421. The van der Waals surface area contributed by atoms with Crippen LogP contribution in [0.5, 0.6) is 0 Å². The molecule has 3 nitrogen and oxygen atoms in total. The summed E-state index contributed by atoms with van der Waals surface area (Å²) in [6, 6.07) is 7.34. The monoisotopic (exact) mass is 611 g/mol. The van der Waals surface area contributed by atoms with Crippen LogP contribution in [0.4, 0.5) is 0 Å². The summed E-state index contributed by atoms with van der Waals surface area (Å²) in [7, 11) is -4.98. The molecule has 2 rings (SSSR count). The first-order valence-corrected chi connectivity index (χ1v) is 26.2. The van der Waals surface area contributed by atoms with Gasteiger partial charge in [0.2, 0.25) is 0 Å². The molecule has 1 fully saturated rings. The molecular weight excluding hydrogens is 561 g/mol. The number of sulfonamides is 1. The van der Waals surface area contributed by atoms with E-state index in [0.29, 0.717) is 18.0 Å². The second-order valence-electron chi connectivity index (χ2n) is 11.5. The van der Waals surface area contributed by atoms with Crippen molar-refractivity contribution < 1.29 is 8.42 Å². The molecule has 0 bridgehead atoms. The van der Waals surface area contributed by atoms with Gasteiger partial charge in [0, 0.05) is 0 Å². The summed E-state index contributed by atoms with van der Waals surface area (Å²) in [6.07, 6.45) is 7.74. The Morgan fingerprint density at radius 2 is 1.32 bits per heavy atom. The molecule has 0 unspecified atom stereocenters. The van der Waals surface area contributed by atoms with E-state index in [0.717, 1.165) is 5.56 Å². The van der Waals surface area contributed by atoms with Crippen LogP contribution in [-0.4, -0.2) is 52.3 Å². The Balaban J connectivity index is 2.53. The molecule has 34 heavy (non-hydrogen) atoms. The van der Waals surface area contributed by atoms with Crippen LogP contribution in [0.3, 0.4) is 0 Å². The van der Waals surface area contributed by atoms with Crippen molar-refractivity contribution in [3.8, 4) is 0 Å². The quantitative estimate of drug-likeness (QED) is 0.212. The summed E-state index contributed by atoms with van der Waals surface area (Å²) in [5, 5.41) is 0. The zero-order chi connectivity index (χ0) is 25.4. The maximum atomic E-state index is 13.6. The third-order valence-corrected chi connectivity index (χ3v) is 24.3. The maximum absolute atomic E-state index is 13.6. The van der Waals surface area contributed by atoms with Crippen molar-refractivity contribution in [3.63, 3.8) is 0 Å². The van der Waals surface area contributed by atoms with Crippen LogP contribution in [0.2, 0.25) is 33.0 Å². The summed E-state index contributed by atoms with van der Waals surface area (Å²) < 4.78 is 35.9. The van der Waals surface area contributed by atoms with E-state index < -0.39 is 36.5 Å². The molecule has 1 heterocycles. The van der Waals surface area contributed by atoms with Crippen molar-refractivity contribution in [2.45, 2.75) is 104 Å². The predicted octanol–water partition coefficient (Wildman–Crippen LogP) is 8.12. The molecule has 0 aliphatic carbocycles. The van der Waals surface area contributed by atoms with Gasteiger partial charge in [0.1, 0.15) is 0 Å². The fourth-order valence-electron chi connectivity index (χ4n) is 5.02. The second kappa shape index (κ2) is 13.3. The van der Waals surface area contributed by atoms with Gasteiger partial charge in [-0.05, 0) is 0 Å². The Hall–Kier alpha value is -0.374. The van der Waals surface area contributed by atoms with Gasteiger partial charge in [-0.15, -0.1) is 0 Å². The molecule has 6 heteroatoms. The first-order valence-electron chi connectivity index (χ1n) is 13.5. The molecule has 0 spiro atoms. The fourth-order valence-corrected chi connectivity index (χ4v) is 23.1. The minimum absolute atomic E-state index is 0.421. The minimum atomic E-state index is -3.49. The average molecular weight is 611 g/mol. The molecule has 1 aliphatic heterocycles. The van der Waals surface area contributed by atoms with Gasteiger partial charge in [0.05, 0.1) is 0 Å². The van der Waals surface area contributed by atoms with Crippen molar-refractivity contribution in [1.29, 1.82) is 0 Å². The van der Waals surface area contributed by atoms with E-state index in [1.165, 1.54) is 63.0 Å². The standard InChI is InChI=1S/C16H22NO2SSi.3C4H9.Sn/c1-13-6-8-16(9-7-13)20(18,19)17-10-14(2)15(11-17)12-21(3,4)5;3*1-3-4-2;/h2,6-9,12H,10-11H2,1,3-5H3;3*1,3-4H2,2H3;/b14-2?,15-12-;;;;. The average Bonchev–Trinajstić information content (AvgIpc) is 3.16. The van der Waals surface area contributed by atoms with E-state index in [1.807, 2.05) is 19.1 Å². The van der Waals surface area contributed by atoms with E-state index in [9.17, 15) is 8.42 Å². The van der Waals surface area contributed by atoms with E-state index in [4.69, 9.17) is 0 Å². The van der Waals surface area contributed by atoms with Gasteiger partial charge in [-0.25, -0.2) is 0 Å². The van der Waals surface area contributed by atoms with Gasteiger partial charge in [-0.3, -0.25) is 0 Å². The molecule has 1 aromatic carbocycles. The molecule has 0 saturated carbocycles. The third kappa shape index (κ3) is 8.63. The van der Waals surface area contributed by atoms with Gasteiger partial charge < -0.3 is 0 Å². The molecule has 0 atom stereocenters. The normalized spacial score (nSPS) is 18.3. The van der Waals surface area contributed by atoms with E-state index in [-0.39, 0.29) is 0 Å². The van der Waals surface area contributed by atoms with Crippen LogP contribution in [0, 0.1) is 6.92 Å². The van der Waals surface area contributed by atoms with Crippen LogP contribution in [-0.2, 0) is 10.0 Å². The Bertz CT molecular complexity index is 924. The number of hydrogen-bond acceptors (Lipinski definition) is 2. The van der Waals surface area contributed by atoms with Crippen molar-refractivity contribution >= 4 is 36.5 Å². The first kappa shape index (κ1) is 29.9. The van der Waals surface area contributed by atoms with Crippen LogP contribution < -0.4 is 0 Å². The molecule has 0 aromatic heterocycles. The molecular formula is C28H49NO2SSiSn. The van der Waals surface area contributed by atoms with Crippen molar-refractivity contribution in [2.75, 3.05) is 13.1 Å². The van der Waals surface area contributed by atoms with Crippen LogP contribution >= 0.6 is 0 Å². The molecule has 192 valence electrons. The number of unbranched alkanes of at least 4 members (excludes halogenated alkanes) is 3. The van der Waals surface area contributed by atoms with E-state index in [2.05, 4.69) is 50.2 Å². The summed E-state index contributed by atoms with van der Waals surface area (Å²) in [5.41, 5.74) is 6.22. The topological polar surface area (TPSA) is 37.4 Å². The van der Waals surface area contributed by atoms with Gasteiger partial charge >= 0.3 is 217 Å². The SMILES string of the molecule is CCC[CH2][Sn](/[CH]=C1\CN(S(=O)(=O)c2ccc(C)cc2)C\C1=C\[Si](C)(C)C)([CH2]CCC)[CH2]CCC. The van der Waals surface area contributed by atoms with Crippen LogP contribution in [0.1, 0.15) is 64.9 Å². The van der Waals surface area contributed by atoms with E-state index in [1.54, 1.807) is 16.4 Å². The predicted molar refractivity (Wildman–Crippen MR) is 154 cm³/mol. The molecule has 1 saturated heterocycles. The number of rotatable bonds is 13. The third-order valence-electron chi connectivity index (χ3n) is 6.94. The van der Waals surface area contributed by atoms with Gasteiger partial charge in [0.25, 0.3) is 0 Å². The second-order valence-corrected chi connectivity index (χ2v) is 31.3. The summed E-state index contributed by atoms with van der Waals surface area (Å²) in [5.74, 6) is 0. The van der Waals surface area contributed by atoms with Gasteiger partial charge in [-0.1, -0.05) is 0 Å². The Morgan fingerprint density at radius 3 is 1.76 bits per heavy atom. The van der Waals surface area contributed by atoms with E-state index >= 15 is 0 Å². The summed E-state index contributed by atoms with van der Waals surface area (Å²) >= 11 is -2.55. The van der Waals surface area contributed by atoms with Gasteiger partial charge in [0.15, 0.2) is 0 Å². The molecule has 0 amide bonds. The number of nitrogens with zero attached hydrogens (tertiary/aromatic N) is 1. The zero-order valence-electron chi connectivity index (χ0n) is 22.9. The fraction of sp³-hybridized carbons (Fsp3) is 0.643. The zero-order valence-corrected chi connectivity index (χ0v) is 27.6. The summed E-state index contributed by atoms with van der Waals surface area (Å²) in [6.45, 7) is 17.1. The number of hydrogen-bond donors (Lipinski definition) is 0. The van der Waals surface area contributed by atoms with Crippen LogP contribution in [0.15, 0.2) is 50.1 Å². The Morgan fingerprint density at radius 1 is 0.853 bits per heavy atom. The Labute approximate surface area is 216 Å². The molecule has 0 radical (unpaired) electrons. The molecule has 1 aliphatic rings. The number of aryl methyl sites for hydroxylation is 1. The van der Waals surface area contributed by atoms with Crippen molar-refractivity contribution in [1.82, 2.24) is 4.31 Å². The Kier molecular flexibility index (Phi) is 11.6. The first-order chi connectivity index (χ1) is 16.0. The number of benzene rings is 1. The van der Waals surface area contributed by atoms with Gasteiger partial charge in [-0.2, -0.15) is 0 Å².